The quantitative estimate of drug-likeness (QED) is 0.665. The third-order valence-corrected chi connectivity index (χ3v) is 8.21. The topological polar surface area (TPSA) is 87.7 Å². The Labute approximate surface area is 191 Å². The third kappa shape index (κ3) is 5.99. The maximum absolute atomic E-state index is 15.0. The Morgan fingerprint density at radius 2 is 1.72 bits per heavy atom. The molecule has 180 valence electrons. The van der Waals surface area contributed by atoms with E-state index in [9.17, 15) is 13.2 Å². The molecule has 32 heavy (non-hydrogen) atoms. The van der Waals surface area contributed by atoms with Gasteiger partial charge in [0.15, 0.2) is 0 Å². The number of carbonyl (C=O) groups excluding carboxylic acids is 1. The van der Waals surface area contributed by atoms with Crippen LogP contribution in [0.3, 0.4) is 0 Å². The van der Waals surface area contributed by atoms with Crippen molar-refractivity contribution in [2.24, 2.45) is 5.92 Å². The highest BCUT2D eigenvalue weighted by Gasteiger charge is 2.30. The Balaban J connectivity index is 1.60. The van der Waals surface area contributed by atoms with E-state index in [1.54, 1.807) is 13.8 Å². The number of nitrogens with one attached hydrogen (secondary N) is 2. The number of hydrogen-bond donors (Lipinski definition) is 2. The van der Waals surface area contributed by atoms with Crippen LogP contribution in [0.15, 0.2) is 12.1 Å². The first kappa shape index (κ1) is 24.9. The lowest BCUT2D eigenvalue weighted by Crippen LogP contribution is -2.46. The van der Waals surface area contributed by atoms with Crippen LogP contribution in [0.1, 0.15) is 58.9 Å². The molecule has 1 amide bonds. The van der Waals surface area contributed by atoms with E-state index in [1.807, 2.05) is 31.7 Å². The summed E-state index contributed by atoms with van der Waals surface area (Å²) in [6.45, 7) is 10.3. The second-order valence-electron chi connectivity index (χ2n) is 9.54. The summed E-state index contributed by atoms with van der Waals surface area (Å²) in [6, 6.07) is 3.06. The zero-order valence-corrected chi connectivity index (χ0v) is 20.5. The van der Waals surface area contributed by atoms with E-state index in [0.717, 1.165) is 5.56 Å². The largest absolute Gasteiger partial charge is 0.372 e. The van der Waals surface area contributed by atoms with Crippen LogP contribution < -0.4 is 14.9 Å². The van der Waals surface area contributed by atoms with Gasteiger partial charge in [0.2, 0.25) is 15.9 Å². The van der Waals surface area contributed by atoms with Gasteiger partial charge in [0.05, 0.1) is 23.1 Å². The van der Waals surface area contributed by atoms with Gasteiger partial charge in [-0.3, -0.25) is 4.79 Å². The first-order valence-corrected chi connectivity index (χ1v) is 13.0. The standard InChI is InChI=1S/C23H36FN3O4S/c1-14(2)32(29,30)26-19-8-6-18(7-9-19)23(28)25-20-10-15(3)22(21(24)11-20)27-12-16(4)31-17(5)13-27/h10-11,14,16-19,26H,6-9,12-13H2,1-5H3,(H,25,28). The molecule has 0 aromatic heterocycles. The molecule has 2 atom stereocenters. The average molecular weight is 470 g/mol. The maximum atomic E-state index is 15.0. The minimum absolute atomic E-state index is 0.0251. The summed E-state index contributed by atoms with van der Waals surface area (Å²) in [4.78, 5) is 14.8. The third-order valence-electron chi connectivity index (χ3n) is 6.31. The monoisotopic (exact) mass is 469 g/mol. The van der Waals surface area contributed by atoms with Crippen molar-refractivity contribution >= 4 is 27.3 Å². The first-order chi connectivity index (χ1) is 15.0. The summed E-state index contributed by atoms with van der Waals surface area (Å²) in [7, 11) is -3.32. The number of anilines is 2. The van der Waals surface area contributed by atoms with Crippen molar-refractivity contribution < 1.29 is 22.3 Å². The van der Waals surface area contributed by atoms with Crippen LogP contribution in [0.25, 0.3) is 0 Å². The highest BCUT2D eigenvalue weighted by Crippen LogP contribution is 2.31. The molecule has 2 N–H and O–H groups in total. The van der Waals surface area contributed by atoms with Gasteiger partial charge in [-0.05, 0) is 78.0 Å². The van der Waals surface area contributed by atoms with Gasteiger partial charge in [0.1, 0.15) is 5.82 Å². The van der Waals surface area contributed by atoms with E-state index >= 15 is 4.39 Å². The maximum Gasteiger partial charge on any atom is 0.227 e. The van der Waals surface area contributed by atoms with Crippen LogP contribution in [0.2, 0.25) is 0 Å². The zero-order chi connectivity index (χ0) is 23.6. The van der Waals surface area contributed by atoms with Crippen molar-refractivity contribution in [3.63, 3.8) is 0 Å². The number of halogens is 1. The first-order valence-electron chi connectivity index (χ1n) is 11.5. The number of carbonyl (C=O) groups is 1. The molecule has 1 aliphatic heterocycles. The molecule has 1 saturated carbocycles. The van der Waals surface area contributed by atoms with E-state index in [2.05, 4.69) is 10.0 Å². The van der Waals surface area contributed by atoms with Gasteiger partial charge < -0.3 is 15.0 Å². The number of hydrogen-bond acceptors (Lipinski definition) is 5. The number of rotatable bonds is 6. The fourth-order valence-electron chi connectivity index (χ4n) is 4.66. The van der Waals surface area contributed by atoms with Gasteiger partial charge in [-0.1, -0.05) is 0 Å². The molecule has 2 fully saturated rings. The lowest BCUT2D eigenvalue weighted by Gasteiger charge is -2.37. The van der Waals surface area contributed by atoms with E-state index in [4.69, 9.17) is 4.74 Å². The Kier molecular flexibility index (Phi) is 7.83. The number of aryl methyl sites for hydroxylation is 1. The van der Waals surface area contributed by atoms with Crippen LogP contribution in [0, 0.1) is 18.7 Å². The fraction of sp³-hybridized carbons (Fsp3) is 0.696. The van der Waals surface area contributed by atoms with Crippen LogP contribution in [-0.4, -0.2) is 50.9 Å². The van der Waals surface area contributed by atoms with E-state index in [0.29, 0.717) is 50.1 Å². The SMILES string of the molecule is Cc1cc(NC(=O)C2CCC(NS(=O)(=O)C(C)C)CC2)cc(F)c1N1CC(C)OC(C)C1. The van der Waals surface area contributed by atoms with Crippen LogP contribution in [0.4, 0.5) is 15.8 Å². The molecule has 1 aromatic rings. The lowest BCUT2D eigenvalue weighted by atomic mass is 9.86. The molecule has 7 nitrogen and oxygen atoms in total. The van der Waals surface area contributed by atoms with Crippen molar-refractivity contribution in [3.8, 4) is 0 Å². The highest BCUT2D eigenvalue weighted by molar-refractivity contribution is 7.90. The van der Waals surface area contributed by atoms with E-state index < -0.39 is 15.3 Å². The van der Waals surface area contributed by atoms with Gasteiger partial charge in [0, 0.05) is 30.7 Å². The van der Waals surface area contributed by atoms with Crippen LogP contribution in [-0.2, 0) is 19.6 Å². The molecule has 1 aromatic carbocycles. The fourth-order valence-corrected chi connectivity index (χ4v) is 5.63. The molecular weight excluding hydrogens is 433 g/mol. The second-order valence-corrected chi connectivity index (χ2v) is 11.8. The van der Waals surface area contributed by atoms with Crippen LogP contribution >= 0.6 is 0 Å². The number of benzene rings is 1. The molecule has 0 spiro atoms. The van der Waals surface area contributed by atoms with Gasteiger partial charge in [-0.15, -0.1) is 0 Å². The molecule has 0 bridgehead atoms. The Bertz CT molecular complexity index is 896. The summed E-state index contributed by atoms with van der Waals surface area (Å²) in [5.41, 5.74) is 1.78. The summed E-state index contributed by atoms with van der Waals surface area (Å²) in [5.74, 6) is -0.706. The van der Waals surface area contributed by atoms with E-state index in [-0.39, 0.29) is 35.9 Å². The predicted octanol–water partition coefficient (Wildman–Crippen LogP) is 3.57. The highest BCUT2D eigenvalue weighted by atomic mass is 32.2. The van der Waals surface area contributed by atoms with Gasteiger partial charge >= 0.3 is 0 Å². The van der Waals surface area contributed by atoms with Gasteiger partial charge in [0.25, 0.3) is 0 Å². The molecule has 1 aliphatic carbocycles. The number of ether oxygens (including phenoxy) is 1. The van der Waals surface area contributed by atoms with Crippen molar-refractivity contribution in [3.05, 3.63) is 23.5 Å². The molecule has 3 rings (SSSR count). The summed E-state index contributed by atoms with van der Waals surface area (Å²) >= 11 is 0. The number of nitrogens with zero attached hydrogens (tertiary/aromatic N) is 1. The van der Waals surface area contributed by atoms with Crippen molar-refractivity contribution in [2.45, 2.75) is 83.8 Å². The second kappa shape index (κ2) is 10.1. The zero-order valence-electron chi connectivity index (χ0n) is 19.7. The molecule has 9 heteroatoms. The summed E-state index contributed by atoms with van der Waals surface area (Å²) < 4.78 is 47.6. The summed E-state index contributed by atoms with van der Waals surface area (Å²) in [5, 5.41) is 2.38. The minimum Gasteiger partial charge on any atom is -0.372 e. The minimum atomic E-state index is -3.32. The number of amides is 1. The Morgan fingerprint density at radius 1 is 1.12 bits per heavy atom. The molecule has 0 radical (unpaired) electrons. The van der Waals surface area contributed by atoms with Crippen LogP contribution in [0.5, 0.6) is 0 Å². The predicted molar refractivity (Wildman–Crippen MR) is 125 cm³/mol. The van der Waals surface area contributed by atoms with Crippen molar-refractivity contribution in [2.75, 3.05) is 23.3 Å². The molecule has 1 saturated heterocycles. The summed E-state index contributed by atoms with van der Waals surface area (Å²) in [6.07, 6.45) is 2.47. The van der Waals surface area contributed by atoms with Crippen molar-refractivity contribution in [1.29, 1.82) is 0 Å². The molecule has 2 unspecified atom stereocenters. The number of sulfonamides is 1. The molecule has 2 aliphatic rings. The van der Waals surface area contributed by atoms with Gasteiger partial charge in [-0.2, -0.15) is 0 Å². The molecular formula is C23H36FN3O4S. The van der Waals surface area contributed by atoms with Crippen molar-refractivity contribution in [1.82, 2.24) is 4.72 Å². The lowest BCUT2D eigenvalue weighted by molar-refractivity contribution is -0.120. The number of morpholine rings is 1. The van der Waals surface area contributed by atoms with E-state index in [1.165, 1.54) is 6.07 Å². The van der Waals surface area contributed by atoms with Gasteiger partial charge in [-0.25, -0.2) is 17.5 Å². The normalized spacial score (nSPS) is 26.9. The average Bonchev–Trinajstić information content (AvgIpc) is 2.66. The Hall–Kier alpha value is -1.71. The molecule has 1 heterocycles. The Morgan fingerprint density at radius 3 is 2.25 bits per heavy atom. The smallest absolute Gasteiger partial charge is 0.227 e.